The topological polar surface area (TPSA) is 357 Å². The van der Waals surface area contributed by atoms with Gasteiger partial charge in [0, 0.05) is 55.5 Å². The number of benzene rings is 1. The highest BCUT2D eigenvalue weighted by molar-refractivity contribution is 7.85. The summed E-state index contributed by atoms with van der Waals surface area (Å²) in [6.07, 6.45) is -5.54. The average molecular weight is 917 g/mol. The van der Waals surface area contributed by atoms with E-state index in [-0.39, 0.29) is 28.3 Å². The zero-order valence-corrected chi connectivity index (χ0v) is 36.4. The minimum atomic E-state index is -2.31. The van der Waals surface area contributed by atoms with Gasteiger partial charge in [-0.3, -0.25) is 47.4 Å². The smallest absolute Gasteiger partial charge is 0.243 e. The number of nitrogens with zero attached hydrogens (tertiary/aromatic N) is 1. The van der Waals surface area contributed by atoms with Crippen LogP contribution in [0, 0.1) is 23.7 Å². The van der Waals surface area contributed by atoms with Crippen LogP contribution < -0.4 is 32.3 Å². The number of ketones is 2. The lowest BCUT2D eigenvalue weighted by Crippen LogP contribution is -2.56. The van der Waals surface area contributed by atoms with E-state index in [1.54, 1.807) is 13.8 Å². The molecule has 3 aliphatic heterocycles. The van der Waals surface area contributed by atoms with Crippen LogP contribution in [-0.2, 0) is 60.4 Å². The highest BCUT2D eigenvalue weighted by Crippen LogP contribution is 2.32. The molecule has 2 bridgehead atoms. The van der Waals surface area contributed by atoms with Crippen LogP contribution >= 0.6 is 0 Å². The Bertz CT molecular complexity index is 2200. The first kappa shape index (κ1) is 49.2. The Morgan fingerprint density at radius 2 is 1.58 bits per heavy atom. The molecule has 0 spiro atoms. The third kappa shape index (κ3) is 11.7. The molecule has 22 nitrogen and oxygen atoms in total. The van der Waals surface area contributed by atoms with Gasteiger partial charge in [-0.1, -0.05) is 27.2 Å². The normalized spacial score (nSPS) is 28.8. The largest absolute Gasteiger partial charge is 0.508 e. The molecule has 0 radical (unpaired) electrons. The summed E-state index contributed by atoms with van der Waals surface area (Å²) in [6, 6.07) is -1.99. The number of phenols is 1. The molecule has 2 aromatic rings. The number of nitrogens with two attached hydrogens (primary N) is 1. The first-order valence-electron chi connectivity index (χ1n) is 21.0. The fraction of sp³-hybridized carbons (Fsp3) is 0.585. The van der Waals surface area contributed by atoms with Crippen LogP contribution in [0.15, 0.2) is 23.2 Å². The van der Waals surface area contributed by atoms with Crippen LogP contribution in [0.5, 0.6) is 5.75 Å². The minimum Gasteiger partial charge on any atom is -0.508 e. The van der Waals surface area contributed by atoms with E-state index >= 15 is 0 Å². The highest BCUT2D eigenvalue weighted by atomic mass is 32.2. The maximum absolute atomic E-state index is 14.6. The Labute approximate surface area is 369 Å². The first-order chi connectivity index (χ1) is 30.2. The van der Waals surface area contributed by atoms with Gasteiger partial charge in [-0.05, 0) is 30.0 Å². The van der Waals surface area contributed by atoms with Gasteiger partial charge in [-0.15, -0.1) is 0 Å². The predicted molar refractivity (Wildman–Crippen MR) is 225 cm³/mol. The van der Waals surface area contributed by atoms with Crippen LogP contribution in [0.4, 0.5) is 0 Å². The van der Waals surface area contributed by atoms with Crippen LogP contribution in [0.3, 0.4) is 0 Å². The first-order valence-corrected chi connectivity index (χ1v) is 22.3. The van der Waals surface area contributed by atoms with Crippen molar-refractivity contribution in [2.75, 3.05) is 32.0 Å². The molecule has 2 unspecified atom stereocenters. The molecule has 3 aliphatic rings. The SMILES string of the molecule is CC[C@H](C)[C@@H]1NC(=O)CNC(=O)[C@H]2CC(=O)[C@H]([C@@H](C)[C@@H](O)CO)NC(=O)C3C[C@@H](O)CN3C(=O)[C@H](CC(N)=O)CC(=O)[C@H](CS(=O)c3[nH]c4cc(O)ccc4c3C2)NC(=O)CNC1=O. The number of aromatic nitrogens is 1. The van der Waals surface area contributed by atoms with Crippen molar-refractivity contribution in [3.8, 4) is 5.75 Å². The molecule has 0 saturated carbocycles. The molecule has 4 heterocycles. The summed E-state index contributed by atoms with van der Waals surface area (Å²) in [4.78, 5) is 128. The molecule has 7 amide bonds. The molecule has 1 fully saturated rings. The monoisotopic (exact) mass is 916 g/mol. The quantitative estimate of drug-likeness (QED) is 0.127. The summed E-state index contributed by atoms with van der Waals surface area (Å²) in [6.45, 7) is 2.01. The number of carbonyl (C=O) groups excluding carboxylic acids is 9. The molecule has 1 aromatic heterocycles. The summed E-state index contributed by atoms with van der Waals surface area (Å²) in [5.41, 5.74) is 5.90. The van der Waals surface area contributed by atoms with Crippen molar-refractivity contribution in [1.29, 1.82) is 0 Å². The number of rotatable bonds is 7. The fourth-order valence-electron chi connectivity index (χ4n) is 8.26. The van der Waals surface area contributed by atoms with Gasteiger partial charge >= 0.3 is 0 Å². The summed E-state index contributed by atoms with van der Waals surface area (Å²) >= 11 is 0. The van der Waals surface area contributed by atoms with E-state index in [9.17, 15) is 67.8 Å². The number of hydrogen-bond acceptors (Lipinski definition) is 14. The molecule has 5 rings (SSSR count). The molecule has 64 heavy (non-hydrogen) atoms. The number of aliphatic hydroxyl groups is 3. The van der Waals surface area contributed by atoms with Crippen molar-refractivity contribution in [2.24, 2.45) is 29.4 Å². The van der Waals surface area contributed by atoms with E-state index in [1.807, 2.05) is 0 Å². The van der Waals surface area contributed by atoms with Gasteiger partial charge in [0.25, 0.3) is 0 Å². The van der Waals surface area contributed by atoms with Crippen molar-refractivity contribution >= 4 is 74.6 Å². The van der Waals surface area contributed by atoms with Gasteiger partial charge in [-0.25, -0.2) is 0 Å². The number of amides is 7. The van der Waals surface area contributed by atoms with E-state index in [0.29, 0.717) is 11.8 Å². The van der Waals surface area contributed by atoms with E-state index < -0.39 is 181 Å². The van der Waals surface area contributed by atoms with Crippen LogP contribution in [0.2, 0.25) is 0 Å². The number of hydrogen-bond donors (Lipinski definition) is 11. The summed E-state index contributed by atoms with van der Waals surface area (Å²) in [5, 5.41) is 54.4. The van der Waals surface area contributed by atoms with Crippen molar-refractivity contribution in [3.05, 3.63) is 23.8 Å². The molecule has 0 aliphatic carbocycles. The van der Waals surface area contributed by atoms with E-state index in [1.165, 1.54) is 25.1 Å². The molecule has 350 valence electrons. The molecular weight excluding hydrogens is 861 g/mol. The fourth-order valence-corrected chi connectivity index (χ4v) is 9.69. The maximum Gasteiger partial charge on any atom is 0.243 e. The van der Waals surface area contributed by atoms with E-state index in [4.69, 9.17) is 5.73 Å². The number of H-pyrrole nitrogens is 1. The number of aliphatic hydroxyl groups excluding tert-OH is 3. The van der Waals surface area contributed by atoms with Crippen molar-refractivity contribution < 1.29 is 67.8 Å². The second-order valence-electron chi connectivity index (χ2n) is 16.8. The van der Waals surface area contributed by atoms with Gasteiger partial charge in [0.2, 0.25) is 41.4 Å². The van der Waals surface area contributed by atoms with Gasteiger partial charge in [0.05, 0.1) is 72.0 Å². The number of Topliss-reactive ketones (excluding diaryl/α,β-unsaturated/α-hetero) is 2. The Morgan fingerprint density at radius 1 is 0.906 bits per heavy atom. The van der Waals surface area contributed by atoms with Crippen LogP contribution in [-0.4, -0.2) is 156 Å². The molecular formula is C41H56N8O14S. The second kappa shape index (κ2) is 21.3. The number of aromatic hydroxyl groups is 1. The lowest BCUT2D eigenvalue weighted by molar-refractivity contribution is -0.145. The number of fused-ring (bicyclic) bond motifs is 5. The van der Waals surface area contributed by atoms with E-state index in [0.717, 1.165) is 4.90 Å². The van der Waals surface area contributed by atoms with Gasteiger partial charge in [0.1, 0.15) is 22.9 Å². The lowest BCUT2D eigenvalue weighted by atomic mass is 9.85. The van der Waals surface area contributed by atoms with Crippen LogP contribution in [0.1, 0.15) is 58.4 Å². The number of aromatic amines is 1. The maximum atomic E-state index is 14.6. The number of phenolic OH excluding ortho intramolecular Hbond substituents is 1. The van der Waals surface area contributed by atoms with Crippen molar-refractivity contribution in [1.82, 2.24) is 36.5 Å². The highest BCUT2D eigenvalue weighted by Gasteiger charge is 2.45. The molecule has 12 N–H and O–H groups in total. The van der Waals surface area contributed by atoms with Gasteiger partial charge in [0.15, 0.2) is 11.6 Å². The Balaban J connectivity index is 1.73. The standard InChI is InChI=1S/C41H56N8O14S/c1-4-18(2)35-39(61)44-13-33(57)45-27-17-64(63)40-25(24-6-5-22(51)11-26(24)46-40)7-20(37(59)43-14-34(58)47-35)8-30(54)36(19(3)31(55)16-50)48-38(60)28-12-23(52)15-49(28)41(62)21(9-29(27)53)10-32(42)56/h5-6,11,18-21,23,27-28,31,35-36,46,50-52,55H,4,7-10,12-17H2,1-3H3,(H2,42,56)(H,43,59)(H,44,61)(H,45,57)(H,47,58)(H,48,60)/t18-,19-,20+,21-,23+,27-,28?,31-,35-,36-,64?/m0/s1. The Morgan fingerprint density at radius 3 is 2.23 bits per heavy atom. The third-order valence-electron chi connectivity index (χ3n) is 12.1. The van der Waals surface area contributed by atoms with Gasteiger partial charge in [-0.2, -0.15) is 0 Å². The van der Waals surface area contributed by atoms with E-state index in [2.05, 4.69) is 31.6 Å². The minimum absolute atomic E-state index is 0.102. The Hall–Kier alpha value is -5.78. The zero-order valence-electron chi connectivity index (χ0n) is 35.6. The van der Waals surface area contributed by atoms with Crippen LogP contribution in [0.25, 0.3) is 10.9 Å². The Kier molecular flexibility index (Phi) is 16.4. The van der Waals surface area contributed by atoms with Gasteiger partial charge < -0.3 is 62.6 Å². The molecule has 23 heteroatoms. The average Bonchev–Trinajstić information content (AvgIpc) is 3.82. The summed E-state index contributed by atoms with van der Waals surface area (Å²) < 4.78 is 14.6. The number of nitrogens with one attached hydrogen (secondary N) is 6. The second-order valence-corrected chi connectivity index (χ2v) is 18.2. The number of primary amides is 1. The molecule has 11 atom stereocenters. The zero-order chi connectivity index (χ0) is 47.2. The number of carbonyl (C=O) groups is 9. The molecule has 1 aromatic carbocycles. The summed E-state index contributed by atoms with van der Waals surface area (Å²) in [5.74, 6) is -13.8. The molecule has 1 saturated heterocycles. The lowest BCUT2D eigenvalue weighted by Gasteiger charge is -2.32. The summed E-state index contributed by atoms with van der Waals surface area (Å²) in [7, 11) is -2.31. The third-order valence-corrected chi connectivity index (χ3v) is 13.6. The van der Waals surface area contributed by atoms with Crippen molar-refractivity contribution in [2.45, 2.75) is 101 Å². The van der Waals surface area contributed by atoms with Crippen molar-refractivity contribution in [3.63, 3.8) is 0 Å². The predicted octanol–water partition coefficient (Wildman–Crippen LogP) is -3.74.